The van der Waals surface area contributed by atoms with Gasteiger partial charge in [0, 0.05) is 18.2 Å². The molecule has 0 unspecified atom stereocenters. The Morgan fingerprint density at radius 2 is 2.04 bits per heavy atom. The van der Waals surface area contributed by atoms with Gasteiger partial charge in [-0.3, -0.25) is 9.78 Å². The second-order valence-electron chi connectivity index (χ2n) is 5.75. The molecule has 0 aliphatic heterocycles. The van der Waals surface area contributed by atoms with Gasteiger partial charge in [-0.2, -0.15) is 13.2 Å². The van der Waals surface area contributed by atoms with Crippen LogP contribution in [0.5, 0.6) is 0 Å². The van der Waals surface area contributed by atoms with Crippen LogP contribution in [0, 0.1) is 0 Å². The van der Waals surface area contributed by atoms with Gasteiger partial charge in [0.15, 0.2) is 0 Å². The van der Waals surface area contributed by atoms with Gasteiger partial charge in [0.05, 0.1) is 18.3 Å². The summed E-state index contributed by atoms with van der Waals surface area (Å²) in [5.74, 6) is -1.34. The summed E-state index contributed by atoms with van der Waals surface area (Å²) in [6, 6.07) is 2.45. The van der Waals surface area contributed by atoms with Gasteiger partial charge in [-0.15, -0.1) is 0 Å². The van der Waals surface area contributed by atoms with Crippen LogP contribution in [-0.4, -0.2) is 44.5 Å². The second-order valence-corrected chi connectivity index (χ2v) is 5.75. The molecule has 25 heavy (non-hydrogen) atoms. The van der Waals surface area contributed by atoms with Crippen molar-refractivity contribution >= 4 is 5.91 Å². The lowest BCUT2D eigenvalue weighted by molar-refractivity contribution is -0.141. The van der Waals surface area contributed by atoms with E-state index in [4.69, 9.17) is 4.52 Å². The fraction of sp³-hybridized carbons (Fsp3) is 0.400. The third-order valence-corrected chi connectivity index (χ3v) is 4.16. The Balaban J connectivity index is 1.82. The van der Waals surface area contributed by atoms with Crippen LogP contribution in [0.15, 0.2) is 35.1 Å². The molecule has 1 fully saturated rings. The first-order chi connectivity index (χ1) is 11.8. The zero-order chi connectivity index (χ0) is 18.2. The van der Waals surface area contributed by atoms with E-state index in [0.717, 1.165) is 12.3 Å². The largest absolute Gasteiger partial charge is 0.433 e. The van der Waals surface area contributed by atoms with E-state index in [9.17, 15) is 28.2 Å². The van der Waals surface area contributed by atoms with Crippen molar-refractivity contribution in [1.29, 1.82) is 0 Å². The van der Waals surface area contributed by atoms with E-state index in [1.54, 1.807) is 0 Å². The lowest BCUT2D eigenvalue weighted by atomic mass is 9.94. The molecule has 0 aromatic carbocycles. The van der Waals surface area contributed by atoms with E-state index in [2.05, 4.69) is 15.5 Å². The third-order valence-electron chi connectivity index (χ3n) is 4.16. The van der Waals surface area contributed by atoms with Gasteiger partial charge < -0.3 is 20.1 Å². The number of alkyl halides is 3. The van der Waals surface area contributed by atoms with Crippen molar-refractivity contribution in [3.63, 3.8) is 0 Å². The molecule has 1 saturated carbocycles. The van der Waals surface area contributed by atoms with E-state index < -0.39 is 41.9 Å². The number of aliphatic hydroxyl groups is 2. The van der Waals surface area contributed by atoms with Crippen molar-refractivity contribution in [1.82, 2.24) is 15.5 Å². The van der Waals surface area contributed by atoms with Gasteiger partial charge in [0.25, 0.3) is 5.91 Å². The normalized spacial score (nSPS) is 26.6. The number of amides is 1. The number of carbonyl (C=O) groups is 1. The molecule has 134 valence electrons. The Morgan fingerprint density at radius 3 is 2.60 bits per heavy atom. The van der Waals surface area contributed by atoms with Crippen LogP contribution in [0.3, 0.4) is 0 Å². The molecule has 1 amide bonds. The van der Waals surface area contributed by atoms with Gasteiger partial charge >= 0.3 is 6.18 Å². The third kappa shape index (κ3) is 3.49. The minimum atomic E-state index is -4.56. The van der Waals surface area contributed by atoms with Crippen molar-refractivity contribution in [3.05, 3.63) is 47.6 Å². The van der Waals surface area contributed by atoms with Crippen molar-refractivity contribution in [2.75, 3.05) is 0 Å². The molecular formula is C15H14F3N3O4. The first-order valence-corrected chi connectivity index (χ1v) is 7.38. The number of halogens is 3. The summed E-state index contributed by atoms with van der Waals surface area (Å²) >= 11 is 0. The summed E-state index contributed by atoms with van der Waals surface area (Å²) in [5.41, 5.74) is -0.677. The Kier molecular flexibility index (Phi) is 4.48. The second kappa shape index (κ2) is 6.45. The van der Waals surface area contributed by atoms with Crippen molar-refractivity contribution in [2.45, 2.75) is 36.8 Å². The molecule has 3 rings (SSSR count). The standard InChI is InChI=1S/C15H14F3N3O4/c16-15(17,18)11-2-1-7(6-19-11)8-5-9(22)13(23)12(8)21-14(24)10-3-4-20-25-10/h1-4,6,8-9,12-13,22-23H,5H2,(H,21,24)/t8-,9-,12-,13-/m1/s1. The molecular weight excluding hydrogens is 343 g/mol. The smallest absolute Gasteiger partial charge is 0.390 e. The molecule has 7 nitrogen and oxygen atoms in total. The fourth-order valence-corrected chi connectivity index (χ4v) is 2.90. The molecule has 0 bridgehead atoms. The van der Waals surface area contributed by atoms with Crippen LogP contribution in [0.4, 0.5) is 13.2 Å². The molecule has 1 aliphatic carbocycles. The minimum Gasteiger partial charge on any atom is -0.390 e. The molecule has 10 heteroatoms. The zero-order valence-electron chi connectivity index (χ0n) is 12.6. The van der Waals surface area contributed by atoms with Crippen molar-refractivity contribution < 1.29 is 32.7 Å². The quantitative estimate of drug-likeness (QED) is 0.759. The summed E-state index contributed by atoms with van der Waals surface area (Å²) in [6.45, 7) is 0. The average Bonchev–Trinajstić information content (AvgIpc) is 3.18. The van der Waals surface area contributed by atoms with E-state index in [1.807, 2.05) is 0 Å². The zero-order valence-corrected chi connectivity index (χ0v) is 12.6. The summed E-state index contributed by atoms with van der Waals surface area (Å²) in [6.07, 6.45) is -4.60. The number of hydrogen-bond donors (Lipinski definition) is 3. The molecule has 0 spiro atoms. The SMILES string of the molecule is O=C(N[C@H]1[C@H](O)[C@H](O)C[C@@H]1c1ccc(C(F)(F)F)nc1)c1ccno1. The highest BCUT2D eigenvalue weighted by Crippen LogP contribution is 2.36. The van der Waals surface area contributed by atoms with E-state index in [0.29, 0.717) is 5.56 Å². The maximum atomic E-state index is 12.6. The number of aliphatic hydroxyl groups excluding tert-OH is 2. The molecule has 0 saturated heterocycles. The molecule has 2 aromatic heterocycles. The summed E-state index contributed by atoms with van der Waals surface area (Å²) in [4.78, 5) is 15.5. The minimum absolute atomic E-state index is 0.0650. The van der Waals surface area contributed by atoms with E-state index in [1.165, 1.54) is 18.3 Å². The Hall–Kier alpha value is -2.46. The monoisotopic (exact) mass is 357 g/mol. The van der Waals surface area contributed by atoms with Crippen LogP contribution in [0.25, 0.3) is 0 Å². The lowest BCUT2D eigenvalue weighted by Gasteiger charge is -2.23. The summed E-state index contributed by atoms with van der Waals surface area (Å²) < 4.78 is 42.6. The number of aromatic nitrogens is 2. The van der Waals surface area contributed by atoms with Crippen molar-refractivity contribution in [2.24, 2.45) is 0 Å². The number of hydrogen-bond acceptors (Lipinski definition) is 6. The van der Waals surface area contributed by atoms with Crippen LogP contribution < -0.4 is 5.32 Å². The average molecular weight is 357 g/mol. The van der Waals surface area contributed by atoms with Gasteiger partial charge in [-0.05, 0) is 18.1 Å². The van der Waals surface area contributed by atoms with Crippen molar-refractivity contribution in [3.8, 4) is 0 Å². The Bertz CT molecular complexity index is 733. The number of carbonyl (C=O) groups excluding carboxylic acids is 1. The highest BCUT2D eigenvalue weighted by molar-refractivity contribution is 5.91. The summed E-state index contributed by atoms with van der Waals surface area (Å²) in [5, 5.41) is 25.9. The molecule has 2 heterocycles. The van der Waals surface area contributed by atoms with Crippen LogP contribution in [0.2, 0.25) is 0 Å². The molecule has 2 aromatic rings. The fourth-order valence-electron chi connectivity index (χ4n) is 2.90. The maximum absolute atomic E-state index is 12.6. The summed E-state index contributed by atoms with van der Waals surface area (Å²) in [7, 11) is 0. The number of nitrogens with zero attached hydrogens (tertiary/aromatic N) is 2. The van der Waals surface area contributed by atoms with Gasteiger partial charge in [-0.1, -0.05) is 11.2 Å². The number of rotatable bonds is 3. The lowest BCUT2D eigenvalue weighted by Crippen LogP contribution is -2.45. The molecule has 0 radical (unpaired) electrons. The first kappa shape index (κ1) is 17.4. The maximum Gasteiger partial charge on any atom is 0.433 e. The van der Waals surface area contributed by atoms with Gasteiger partial charge in [0.1, 0.15) is 11.8 Å². The Labute approximate surface area is 139 Å². The predicted octanol–water partition coefficient (Wildman–Crippen LogP) is 1.10. The number of nitrogens with one attached hydrogen (secondary N) is 1. The topological polar surface area (TPSA) is 108 Å². The highest BCUT2D eigenvalue weighted by Gasteiger charge is 2.44. The van der Waals surface area contributed by atoms with Crippen LogP contribution >= 0.6 is 0 Å². The first-order valence-electron chi connectivity index (χ1n) is 7.38. The van der Waals surface area contributed by atoms with E-state index >= 15 is 0 Å². The van der Waals surface area contributed by atoms with Crippen LogP contribution in [-0.2, 0) is 6.18 Å². The highest BCUT2D eigenvalue weighted by atomic mass is 19.4. The van der Waals surface area contributed by atoms with Gasteiger partial charge in [0.2, 0.25) is 5.76 Å². The molecule has 1 aliphatic rings. The molecule has 3 N–H and O–H groups in total. The Morgan fingerprint density at radius 1 is 1.28 bits per heavy atom. The van der Waals surface area contributed by atoms with E-state index in [-0.39, 0.29) is 12.2 Å². The van der Waals surface area contributed by atoms with Crippen LogP contribution in [0.1, 0.15) is 34.2 Å². The number of pyridine rings is 1. The molecule has 4 atom stereocenters. The predicted molar refractivity (Wildman–Crippen MR) is 76.4 cm³/mol. The van der Waals surface area contributed by atoms with Gasteiger partial charge in [-0.25, -0.2) is 0 Å².